The number of aryl methyl sites for hydroxylation is 1. The van der Waals surface area contributed by atoms with E-state index >= 15 is 0 Å². The number of carbonyl (C=O) groups excluding carboxylic acids is 1. The highest BCUT2D eigenvalue weighted by molar-refractivity contribution is 7.09. The summed E-state index contributed by atoms with van der Waals surface area (Å²) in [4.78, 5) is 18.6. The first-order valence-electron chi connectivity index (χ1n) is 6.68. The molecule has 2 aromatic rings. The summed E-state index contributed by atoms with van der Waals surface area (Å²) >= 11 is 1.60. The second-order valence-corrected chi connectivity index (χ2v) is 6.38. The van der Waals surface area contributed by atoms with Gasteiger partial charge in [-0.2, -0.15) is 0 Å². The number of hydrogen-bond donors (Lipinski definition) is 1. The number of amides is 1. The van der Waals surface area contributed by atoms with Crippen LogP contribution < -0.4 is 5.73 Å². The van der Waals surface area contributed by atoms with Crippen LogP contribution in [-0.4, -0.2) is 27.4 Å². The van der Waals surface area contributed by atoms with Crippen molar-refractivity contribution in [2.24, 2.45) is 0 Å². The summed E-state index contributed by atoms with van der Waals surface area (Å²) in [5.74, 6) is -0.000692. The van der Waals surface area contributed by atoms with Crippen LogP contribution in [0.15, 0.2) is 17.6 Å². The molecule has 1 aliphatic rings. The van der Waals surface area contributed by atoms with E-state index in [1.807, 2.05) is 23.1 Å². The van der Waals surface area contributed by atoms with E-state index in [0.29, 0.717) is 24.0 Å². The van der Waals surface area contributed by atoms with E-state index in [2.05, 4.69) is 4.98 Å². The average Bonchev–Trinajstić information content (AvgIpc) is 3.07. The molecule has 1 saturated carbocycles. The fraction of sp³-hybridized carbons (Fsp3) is 0.429. The zero-order chi connectivity index (χ0) is 14.3. The Labute approximate surface area is 122 Å². The largest absolute Gasteiger partial charge is 0.397 e. The molecule has 1 amide bonds. The van der Waals surface area contributed by atoms with E-state index in [0.717, 1.165) is 23.5 Å². The molecule has 2 N–H and O–H groups in total. The molecule has 0 unspecified atom stereocenters. The maximum Gasteiger partial charge on any atom is 0.270 e. The number of hydrogen-bond acceptors (Lipinski definition) is 4. The highest BCUT2D eigenvalue weighted by atomic mass is 32.1. The SMILES string of the molecule is Cc1nc(CN(C)C(=O)c2cc(N)cn2C2CC2)cs1. The Morgan fingerprint density at radius 1 is 1.60 bits per heavy atom. The van der Waals surface area contributed by atoms with Gasteiger partial charge in [-0.3, -0.25) is 4.79 Å². The van der Waals surface area contributed by atoms with Gasteiger partial charge in [0.25, 0.3) is 5.91 Å². The van der Waals surface area contributed by atoms with E-state index in [9.17, 15) is 4.79 Å². The van der Waals surface area contributed by atoms with Gasteiger partial charge in [-0.15, -0.1) is 11.3 Å². The van der Waals surface area contributed by atoms with Crippen molar-refractivity contribution in [3.05, 3.63) is 34.0 Å². The zero-order valence-electron chi connectivity index (χ0n) is 11.7. The summed E-state index contributed by atoms with van der Waals surface area (Å²) in [6.07, 6.45) is 4.12. The van der Waals surface area contributed by atoms with Crippen molar-refractivity contribution < 1.29 is 4.79 Å². The highest BCUT2D eigenvalue weighted by Crippen LogP contribution is 2.37. The van der Waals surface area contributed by atoms with Crippen LogP contribution in [0.2, 0.25) is 0 Å². The third kappa shape index (κ3) is 2.56. The molecule has 0 saturated heterocycles. The van der Waals surface area contributed by atoms with Gasteiger partial charge in [0.1, 0.15) is 5.69 Å². The number of thiazole rings is 1. The Hall–Kier alpha value is -1.82. The van der Waals surface area contributed by atoms with Crippen LogP contribution in [0.1, 0.15) is 40.1 Å². The van der Waals surface area contributed by atoms with Gasteiger partial charge in [0.05, 0.1) is 22.9 Å². The highest BCUT2D eigenvalue weighted by Gasteiger charge is 2.28. The maximum atomic E-state index is 12.5. The molecule has 0 radical (unpaired) electrons. The molecule has 0 spiro atoms. The summed E-state index contributed by atoms with van der Waals surface area (Å²) in [6, 6.07) is 2.21. The molecule has 106 valence electrons. The Kier molecular flexibility index (Phi) is 3.25. The minimum absolute atomic E-state index is 0.000692. The first kappa shape index (κ1) is 13.2. The van der Waals surface area contributed by atoms with Gasteiger partial charge < -0.3 is 15.2 Å². The predicted octanol–water partition coefficient (Wildman–Crippen LogP) is 2.44. The number of nitrogens with zero attached hydrogens (tertiary/aromatic N) is 3. The second-order valence-electron chi connectivity index (χ2n) is 5.32. The Balaban J connectivity index is 1.77. The molecule has 1 fully saturated rings. The quantitative estimate of drug-likeness (QED) is 0.940. The molecule has 1 aliphatic carbocycles. The Morgan fingerprint density at radius 2 is 2.35 bits per heavy atom. The second kappa shape index (κ2) is 4.94. The molecule has 0 aliphatic heterocycles. The summed E-state index contributed by atoms with van der Waals surface area (Å²) in [6.45, 7) is 2.49. The van der Waals surface area contributed by atoms with Gasteiger partial charge in [0, 0.05) is 24.7 Å². The number of aromatic nitrogens is 2. The summed E-state index contributed by atoms with van der Waals surface area (Å²) in [7, 11) is 1.80. The molecule has 5 nitrogen and oxygen atoms in total. The molecular formula is C14H18N4OS. The summed E-state index contributed by atoms with van der Waals surface area (Å²) in [5, 5.41) is 3.01. The fourth-order valence-corrected chi connectivity index (χ4v) is 2.92. The third-order valence-corrected chi connectivity index (χ3v) is 4.26. The maximum absolute atomic E-state index is 12.5. The van der Waals surface area contributed by atoms with Gasteiger partial charge in [0.15, 0.2) is 0 Å². The normalized spacial score (nSPS) is 14.5. The van der Waals surface area contributed by atoms with Crippen LogP contribution in [0.4, 0.5) is 5.69 Å². The lowest BCUT2D eigenvalue weighted by molar-refractivity contribution is 0.0772. The standard InChI is InChI=1S/C14H18N4OS/c1-9-16-11(8-20-9)7-17(2)14(19)13-5-10(15)6-18(13)12-3-4-12/h5-6,8,12H,3-4,7,15H2,1-2H3. The first-order valence-corrected chi connectivity index (χ1v) is 7.56. The van der Waals surface area contributed by atoms with E-state index in [4.69, 9.17) is 5.73 Å². The van der Waals surface area contributed by atoms with Gasteiger partial charge in [-0.05, 0) is 25.8 Å². The Bertz CT molecular complexity index is 641. The average molecular weight is 290 g/mol. The van der Waals surface area contributed by atoms with Gasteiger partial charge in [0.2, 0.25) is 0 Å². The van der Waals surface area contributed by atoms with Crippen molar-refractivity contribution in [2.75, 3.05) is 12.8 Å². The lowest BCUT2D eigenvalue weighted by Gasteiger charge is -2.17. The van der Waals surface area contributed by atoms with Crippen molar-refractivity contribution in [1.29, 1.82) is 0 Å². The molecule has 2 heterocycles. The number of nitrogen functional groups attached to an aromatic ring is 1. The summed E-state index contributed by atoms with van der Waals surface area (Å²) in [5.41, 5.74) is 8.10. The molecule has 0 bridgehead atoms. The topological polar surface area (TPSA) is 64.2 Å². The van der Waals surface area contributed by atoms with Crippen molar-refractivity contribution in [1.82, 2.24) is 14.5 Å². The van der Waals surface area contributed by atoms with Gasteiger partial charge >= 0.3 is 0 Å². The molecular weight excluding hydrogens is 272 g/mol. The van der Waals surface area contributed by atoms with Crippen LogP contribution in [0.5, 0.6) is 0 Å². The van der Waals surface area contributed by atoms with Crippen LogP contribution in [0, 0.1) is 6.92 Å². The van der Waals surface area contributed by atoms with Crippen LogP contribution in [0.25, 0.3) is 0 Å². The lowest BCUT2D eigenvalue weighted by atomic mass is 10.3. The van der Waals surface area contributed by atoms with Crippen LogP contribution in [-0.2, 0) is 6.54 Å². The minimum atomic E-state index is -0.000692. The number of nitrogens with two attached hydrogens (primary N) is 1. The van der Waals surface area contributed by atoms with Crippen molar-refractivity contribution in [2.45, 2.75) is 32.4 Å². The van der Waals surface area contributed by atoms with Gasteiger partial charge in [-0.1, -0.05) is 0 Å². The number of rotatable bonds is 4. The molecule has 2 aromatic heterocycles. The lowest BCUT2D eigenvalue weighted by Crippen LogP contribution is -2.28. The van der Waals surface area contributed by atoms with Crippen molar-refractivity contribution in [3.8, 4) is 0 Å². The van der Waals surface area contributed by atoms with Crippen molar-refractivity contribution >= 4 is 22.9 Å². The first-order chi connectivity index (χ1) is 9.54. The molecule has 0 atom stereocenters. The third-order valence-electron chi connectivity index (χ3n) is 3.44. The minimum Gasteiger partial charge on any atom is -0.397 e. The molecule has 20 heavy (non-hydrogen) atoms. The Morgan fingerprint density at radius 3 is 2.95 bits per heavy atom. The van der Waals surface area contributed by atoms with Crippen molar-refractivity contribution in [3.63, 3.8) is 0 Å². The smallest absolute Gasteiger partial charge is 0.270 e. The zero-order valence-corrected chi connectivity index (χ0v) is 12.5. The number of carbonyl (C=O) groups is 1. The molecule has 0 aromatic carbocycles. The van der Waals surface area contributed by atoms with E-state index in [1.54, 1.807) is 29.4 Å². The van der Waals surface area contributed by atoms with Crippen LogP contribution >= 0.6 is 11.3 Å². The van der Waals surface area contributed by atoms with E-state index in [1.165, 1.54) is 0 Å². The molecule has 3 rings (SSSR count). The number of anilines is 1. The predicted molar refractivity (Wildman–Crippen MR) is 79.8 cm³/mol. The molecule has 6 heteroatoms. The summed E-state index contributed by atoms with van der Waals surface area (Å²) < 4.78 is 2.01. The van der Waals surface area contributed by atoms with Crippen LogP contribution in [0.3, 0.4) is 0 Å². The van der Waals surface area contributed by atoms with E-state index < -0.39 is 0 Å². The fourth-order valence-electron chi connectivity index (χ4n) is 2.32. The van der Waals surface area contributed by atoms with E-state index in [-0.39, 0.29) is 5.91 Å². The monoisotopic (exact) mass is 290 g/mol. The van der Waals surface area contributed by atoms with Gasteiger partial charge in [-0.25, -0.2) is 4.98 Å².